The lowest BCUT2D eigenvalue weighted by atomic mass is 10.1. The summed E-state index contributed by atoms with van der Waals surface area (Å²) in [7, 11) is 0. The molecule has 1 unspecified atom stereocenters. The van der Waals surface area contributed by atoms with Crippen LogP contribution in [0.5, 0.6) is 0 Å². The van der Waals surface area contributed by atoms with E-state index in [1.807, 2.05) is 25.1 Å². The lowest BCUT2D eigenvalue weighted by Crippen LogP contribution is -2.40. The van der Waals surface area contributed by atoms with E-state index >= 15 is 0 Å². The Balaban J connectivity index is 1.95. The molecule has 1 aromatic rings. The highest BCUT2D eigenvalue weighted by Crippen LogP contribution is 2.34. The Morgan fingerprint density at radius 2 is 2.15 bits per heavy atom. The van der Waals surface area contributed by atoms with Crippen molar-refractivity contribution in [1.82, 2.24) is 5.32 Å². The number of urea groups is 1. The van der Waals surface area contributed by atoms with Gasteiger partial charge in [0.1, 0.15) is 0 Å². The normalized spacial score (nSPS) is 15.5. The van der Waals surface area contributed by atoms with Crippen molar-refractivity contribution in [3.05, 3.63) is 28.2 Å². The van der Waals surface area contributed by atoms with Crippen molar-refractivity contribution in [2.75, 3.05) is 5.32 Å². The lowest BCUT2D eigenvalue weighted by molar-refractivity contribution is -0.137. The minimum atomic E-state index is -0.887. The molecule has 1 aliphatic rings. The molecular weight excluding hydrogens is 324 g/mol. The molecule has 0 radical (unpaired) electrons. The third kappa shape index (κ3) is 4.23. The number of benzene rings is 1. The maximum atomic E-state index is 11.9. The van der Waals surface area contributed by atoms with Gasteiger partial charge in [-0.3, -0.25) is 4.79 Å². The van der Waals surface area contributed by atoms with Gasteiger partial charge in [-0.25, -0.2) is 4.79 Å². The summed E-state index contributed by atoms with van der Waals surface area (Å²) in [5.41, 5.74) is 1.66. The van der Waals surface area contributed by atoms with Gasteiger partial charge in [-0.2, -0.15) is 0 Å². The molecule has 1 fully saturated rings. The van der Waals surface area contributed by atoms with E-state index < -0.39 is 5.97 Å². The van der Waals surface area contributed by atoms with Crippen LogP contribution in [-0.4, -0.2) is 23.1 Å². The highest BCUT2D eigenvalue weighted by atomic mass is 79.9. The molecule has 1 saturated carbocycles. The Hall–Kier alpha value is -1.56. The van der Waals surface area contributed by atoms with E-state index in [4.69, 9.17) is 5.11 Å². The largest absolute Gasteiger partial charge is 0.481 e. The van der Waals surface area contributed by atoms with Crippen molar-refractivity contribution < 1.29 is 14.7 Å². The minimum absolute atomic E-state index is 0.0304. The topological polar surface area (TPSA) is 78.4 Å². The number of carboxylic acids is 1. The molecule has 0 aliphatic heterocycles. The smallest absolute Gasteiger partial charge is 0.319 e. The van der Waals surface area contributed by atoms with Gasteiger partial charge >= 0.3 is 12.0 Å². The number of carboxylic acid groups (broad SMARTS) is 1. The van der Waals surface area contributed by atoms with Gasteiger partial charge in [-0.05, 0) is 49.4 Å². The zero-order valence-corrected chi connectivity index (χ0v) is 12.7. The number of aryl methyl sites for hydroxylation is 1. The number of hydrogen-bond donors (Lipinski definition) is 3. The van der Waals surface area contributed by atoms with Crippen LogP contribution in [-0.2, 0) is 4.79 Å². The fourth-order valence-corrected chi connectivity index (χ4v) is 2.59. The van der Waals surface area contributed by atoms with Gasteiger partial charge in [0.25, 0.3) is 0 Å². The van der Waals surface area contributed by atoms with E-state index in [1.54, 1.807) is 0 Å². The zero-order valence-electron chi connectivity index (χ0n) is 11.1. The van der Waals surface area contributed by atoms with Crippen molar-refractivity contribution in [2.24, 2.45) is 5.92 Å². The monoisotopic (exact) mass is 340 g/mol. The first kappa shape index (κ1) is 14.8. The number of hydrogen-bond acceptors (Lipinski definition) is 2. The van der Waals surface area contributed by atoms with Crippen LogP contribution in [0.15, 0.2) is 22.7 Å². The summed E-state index contributed by atoms with van der Waals surface area (Å²) in [6.07, 6.45) is 1.93. The summed E-state index contributed by atoms with van der Waals surface area (Å²) in [4.78, 5) is 22.7. The fourth-order valence-electron chi connectivity index (χ4n) is 2.12. The predicted octanol–water partition coefficient (Wildman–Crippen LogP) is 3.13. The van der Waals surface area contributed by atoms with E-state index in [0.29, 0.717) is 5.92 Å². The van der Waals surface area contributed by atoms with Gasteiger partial charge in [0, 0.05) is 16.2 Å². The number of carbonyl (C=O) groups is 2. The van der Waals surface area contributed by atoms with Crippen LogP contribution < -0.4 is 10.6 Å². The van der Waals surface area contributed by atoms with Crippen LogP contribution >= 0.6 is 15.9 Å². The summed E-state index contributed by atoms with van der Waals surface area (Å²) < 4.78 is 0.947. The Labute approximate surface area is 125 Å². The molecule has 1 aromatic carbocycles. The Morgan fingerprint density at radius 1 is 1.45 bits per heavy atom. The van der Waals surface area contributed by atoms with Crippen molar-refractivity contribution in [3.8, 4) is 0 Å². The number of amides is 2. The molecule has 108 valence electrons. The second-order valence-corrected chi connectivity index (χ2v) is 6.02. The molecule has 1 atom stereocenters. The van der Waals surface area contributed by atoms with Crippen LogP contribution in [0.1, 0.15) is 24.8 Å². The Kier molecular flexibility index (Phi) is 4.65. The van der Waals surface area contributed by atoms with Gasteiger partial charge in [-0.15, -0.1) is 0 Å². The molecule has 0 saturated heterocycles. The summed E-state index contributed by atoms with van der Waals surface area (Å²) >= 11 is 3.36. The van der Waals surface area contributed by atoms with Crippen molar-refractivity contribution >= 4 is 33.6 Å². The molecular formula is C14H17BrN2O3. The number of rotatable bonds is 5. The standard InChI is InChI=1S/C14H17BrN2O3/c1-8-6-10(15)4-5-11(8)16-14(20)17-12(7-13(18)19)9-2-3-9/h4-6,9,12H,2-3,7H2,1H3,(H,18,19)(H2,16,17,20). The molecule has 6 heteroatoms. The molecule has 2 amide bonds. The maximum Gasteiger partial charge on any atom is 0.319 e. The zero-order chi connectivity index (χ0) is 14.7. The van der Waals surface area contributed by atoms with Gasteiger partial charge in [0.2, 0.25) is 0 Å². The van der Waals surface area contributed by atoms with E-state index in [2.05, 4.69) is 26.6 Å². The fraction of sp³-hybridized carbons (Fsp3) is 0.429. The predicted molar refractivity (Wildman–Crippen MR) is 79.8 cm³/mol. The summed E-state index contributed by atoms with van der Waals surface area (Å²) in [6, 6.07) is 4.92. The molecule has 1 aliphatic carbocycles. The van der Waals surface area contributed by atoms with Crippen molar-refractivity contribution in [1.29, 1.82) is 0 Å². The van der Waals surface area contributed by atoms with Crippen molar-refractivity contribution in [2.45, 2.75) is 32.2 Å². The molecule has 5 nitrogen and oxygen atoms in total. The van der Waals surface area contributed by atoms with E-state index in [9.17, 15) is 9.59 Å². The second kappa shape index (κ2) is 6.26. The average Bonchev–Trinajstić information content (AvgIpc) is 3.15. The molecule has 0 aromatic heterocycles. The average molecular weight is 341 g/mol. The molecule has 20 heavy (non-hydrogen) atoms. The van der Waals surface area contributed by atoms with Gasteiger partial charge in [0.15, 0.2) is 0 Å². The Bertz CT molecular complexity index is 529. The first-order valence-corrected chi connectivity index (χ1v) is 7.30. The number of halogens is 1. The maximum absolute atomic E-state index is 11.9. The lowest BCUT2D eigenvalue weighted by Gasteiger charge is -2.17. The van der Waals surface area contributed by atoms with Crippen LogP contribution in [0.25, 0.3) is 0 Å². The van der Waals surface area contributed by atoms with Crippen LogP contribution in [0.2, 0.25) is 0 Å². The third-order valence-electron chi connectivity index (χ3n) is 3.34. The Morgan fingerprint density at radius 3 is 2.70 bits per heavy atom. The number of nitrogens with one attached hydrogen (secondary N) is 2. The van der Waals surface area contributed by atoms with E-state index in [1.165, 1.54) is 0 Å². The molecule has 0 spiro atoms. The van der Waals surface area contributed by atoms with Gasteiger partial charge in [-0.1, -0.05) is 15.9 Å². The minimum Gasteiger partial charge on any atom is -0.481 e. The quantitative estimate of drug-likeness (QED) is 0.770. The van der Waals surface area contributed by atoms with Gasteiger partial charge < -0.3 is 15.7 Å². The highest BCUT2D eigenvalue weighted by molar-refractivity contribution is 9.10. The summed E-state index contributed by atoms with van der Waals surface area (Å²) in [5, 5.41) is 14.4. The van der Waals surface area contributed by atoms with Crippen LogP contribution in [0, 0.1) is 12.8 Å². The van der Waals surface area contributed by atoms with Crippen LogP contribution in [0.4, 0.5) is 10.5 Å². The third-order valence-corrected chi connectivity index (χ3v) is 3.83. The molecule has 3 N–H and O–H groups in total. The highest BCUT2D eigenvalue weighted by Gasteiger charge is 2.33. The van der Waals surface area contributed by atoms with Crippen LogP contribution in [0.3, 0.4) is 0 Å². The second-order valence-electron chi connectivity index (χ2n) is 5.10. The number of anilines is 1. The molecule has 2 rings (SSSR count). The summed E-state index contributed by atoms with van der Waals surface area (Å²) in [5.74, 6) is -0.593. The van der Waals surface area contributed by atoms with Crippen molar-refractivity contribution in [3.63, 3.8) is 0 Å². The molecule has 0 bridgehead atoms. The number of aliphatic carboxylic acids is 1. The molecule has 0 heterocycles. The van der Waals surface area contributed by atoms with E-state index in [0.717, 1.165) is 28.6 Å². The van der Waals surface area contributed by atoms with E-state index in [-0.39, 0.29) is 18.5 Å². The number of carbonyl (C=O) groups excluding carboxylic acids is 1. The first-order valence-electron chi connectivity index (χ1n) is 6.51. The SMILES string of the molecule is Cc1cc(Br)ccc1NC(=O)NC(CC(=O)O)C1CC1. The first-order chi connectivity index (χ1) is 9.45. The summed E-state index contributed by atoms with van der Waals surface area (Å²) in [6.45, 7) is 1.90. The van der Waals surface area contributed by atoms with Gasteiger partial charge in [0.05, 0.1) is 6.42 Å².